The highest BCUT2D eigenvalue weighted by atomic mass is 28.4. The van der Waals surface area contributed by atoms with Gasteiger partial charge in [-0.2, -0.15) is 0 Å². The minimum atomic E-state index is -2.01. The van der Waals surface area contributed by atoms with Crippen molar-refractivity contribution in [3.8, 4) is 0 Å². The molecule has 0 radical (unpaired) electrons. The SMILES string of the molecule is CCOC(=O)C[C@@H](/C=C/[C@H]1OC[C@@H](c2ccccc2)N1C(=O)OC(C)(C)C)CO[Si](C)(C)C(C)(C)C. The van der Waals surface area contributed by atoms with Crippen molar-refractivity contribution in [2.24, 2.45) is 5.92 Å². The molecule has 0 aliphatic carbocycles. The first-order valence-electron chi connectivity index (χ1n) is 12.8. The Hall–Kier alpha value is -2.16. The van der Waals surface area contributed by atoms with E-state index in [1.165, 1.54) is 0 Å². The van der Waals surface area contributed by atoms with Crippen LogP contribution in [0.15, 0.2) is 42.5 Å². The molecule has 202 valence electrons. The molecule has 1 heterocycles. The molecule has 0 bridgehead atoms. The number of amides is 1. The molecule has 2 rings (SSSR count). The van der Waals surface area contributed by atoms with Gasteiger partial charge in [-0.1, -0.05) is 57.2 Å². The molecule has 3 atom stereocenters. The lowest BCUT2D eigenvalue weighted by Gasteiger charge is -2.37. The van der Waals surface area contributed by atoms with Crippen LogP contribution in [-0.2, 0) is 23.4 Å². The number of benzene rings is 1. The molecule has 0 saturated carbocycles. The Balaban J connectivity index is 2.28. The monoisotopic (exact) mass is 519 g/mol. The average Bonchev–Trinajstić information content (AvgIpc) is 3.18. The minimum Gasteiger partial charge on any atom is -0.466 e. The zero-order valence-electron chi connectivity index (χ0n) is 23.5. The van der Waals surface area contributed by atoms with Crippen LogP contribution in [-0.4, -0.2) is 56.9 Å². The van der Waals surface area contributed by atoms with Crippen molar-refractivity contribution < 1.29 is 28.2 Å². The number of hydrogen-bond donors (Lipinski definition) is 0. The fourth-order valence-corrected chi connectivity index (χ4v) is 4.62. The van der Waals surface area contributed by atoms with Gasteiger partial charge < -0.3 is 18.6 Å². The second kappa shape index (κ2) is 12.4. The largest absolute Gasteiger partial charge is 0.466 e. The highest BCUT2D eigenvalue weighted by Crippen LogP contribution is 2.37. The van der Waals surface area contributed by atoms with Crippen molar-refractivity contribution in [2.45, 2.75) is 90.9 Å². The molecule has 7 nitrogen and oxygen atoms in total. The van der Waals surface area contributed by atoms with Gasteiger partial charge in [0.2, 0.25) is 0 Å². The van der Waals surface area contributed by atoms with Gasteiger partial charge in [0, 0.05) is 12.5 Å². The summed E-state index contributed by atoms with van der Waals surface area (Å²) >= 11 is 0. The smallest absolute Gasteiger partial charge is 0.413 e. The molecular weight excluding hydrogens is 474 g/mol. The molecule has 1 aliphatic heterocycles. The Morgan fingerprint density at radius 3 is 2.33 bits per heavy atom. The predicted octanol–water partition coefficient (Wildman–Crippen LogP) is 6.47. The van der Waals surface area contributed by atoms with E-state index >= 15 is 0 Å². The molecule has 0 spiro atoms. The van der Waals surface area contributed by atoms with Gasteiger partial charge in [0.25, 0.3) is 0 Å². The van der Waals surface area contributed by atoms with E-state index < -0.39 is 26.2 Å². The molecule has 1 aliphatic rings. The molecule has 1 aromatic rings. The maximum atomic E-state index is 13.2. The van der Waals surface area contributed by atoms with Crippen molar-refractivity contribution in [1.82, 2.24) is 4.90 Å². The summed E-state index contributed by atoms with van der Waals surface area (Å²) in [6.45, 7) is 19.3. The van der Waals surface area contributed by atoms with E-state index in [1.54, 1.807) is 11.8 Å². The molecule has 0 aromatic heterocycles. The summed E-state index contributed by atoms with van der Waals surface area (Å²) in [5, 5.41) is 0.0518. The first-order chi connectivity index (χ1) is 16.6. The van der Waals surface area contributed by atoms with E-state index in [-0.39, 0.29) is 29.4 Å². The number of esters is 1. The maximum absolute atomic E-state index is 13.2. The highest BCUT2D eigenvalue weighted by molar-refractivity contribution is 6.74. The van der Waals surface area contributed by atoms with Crippen LogP contribution in [0.1, 0.15) is 66.5 Å². The van der Waals surface area contributed by atoms with Crippen molar-refractivity contribution in [3.63, 3.8) is 0 Å². The first-order valence-corrected chi connectivity index (χ1v) is 15.7. The molecule has 1 fully saturated rings. The fourth-order valence-electron chi connectivity index (χ4n) is 3.55. The zero-order valence-corrected chi connectivity index (χ0v) is 24.5. The number of carbonyl (C=O) groups is 2. The molecule has 8 heteroatoms. The van der Waals surface area contributed by atoms with E-state index in [0.29, 0.717) is 19.8 Å². The molecule has 36 heavy (non-hydrogen) atoms. The van der Waals surface area contributed by atoms with E-state index in [2.05, 4.69) is 33.9 Å². The third-order valence-electron chi connectivity index (χ3n) is 6.57. The zero-order chi connectivity index (χ0) is 27.1. The van der Waals surface area contributed by atoms with Crippen LogP contribution in [0.3, 0.4) is 0 Å². The van der Waals surface area contributed by atoms with Gasteiger partial charge in [0.15, 0.2) is 14.5 Å². The van der Waals surface area contributed by atoms with Gasteiger partial charge in [-0.3, -0.25) is 9.69 Å². The van der Waals surface area contributed by atoms with E-state index in [0.717, 1.165) is 5.56 Å². The minimum absolute atomic E-state index is 0.0518. The van der Waals surface area contributed by atoms with Gasteiger partial charge >= 0.3 is 12.1 Å². The van der Waals surface area contributed by atoms with Crippen LogP contribution in [0, 0.1) is 5.92 Å². The third kappa shape index (κ3) is 8.75. The van der Waals surface area contributed by atoms with Crippen LogP contribution in [0.4, 0.5) is 4.79 Å². The number of nitrogens with zero attached hydrogens (tertiary/aromatic N) is 1. The highest BCUT2D eigenvalue weighted by Gasteiger charge is 2.40. The lowest BCUT2D eigenvalue weighted by atomic mass is 10.1. The lowest BCUT2D eigenvalue weighted by molar-refractivity contribution is -0.144. The maximum Gasteiger partial charge on any atom is 0.413 e. The number of ether oxygens (including phenoxy) is 3. The molecule has 1 saturated heterocycles. The molecule has 1 amide bonds. The summed E-state index contributed by atoms with van der Waals surface area (Å²) in [6.07, 6.45) is 2.89. The van der Waals surface area contributed by atoms with E-state index in [9.17, 15) is 9.59 Å². The standard InChI is InChI=1S/C28H45NO6Si/c1-10-32-25(30)18-21(19-34-36(8,9)28(5,6)7)16-17-24-29(26(31)35-27(2,3)4)23(20-33-24)22-14-12-11-13-15-22/h11-17,21,23-24H,10,18-20H2,1-9H3/b17-16+/t21-,23+,24-/m1/s1. The van der Waals surface area contributed by atoms with Crippen LogP contribution < -0.4 is 0 Å². The van der Waals surface area contributed by atoms with Crippen LogP contribution in [0.25, 0.3) is 0 Å². The quantitative estimate of drug-likeness (QED) is 0.211. The van der Waals surface area contributed by atoms with Gasteiger partial charge in [-0.25, -0.2) is 4.79 Å². The summed E-state index contributed by atoms with van der Waals surface area (Å²) in [5.74, 6) is -0.484. The van der Waals surface area contributed by atoms with E-state index in [4.69, 9.17) is 18.6 Å². The summed E-state index contributed by atoms with van der Waals surface area (Å²) in [6, 6.07) is 9.51. The van der Waals surface area contributed by atoms with Gasteiger partial charge in [0.05, 0.1) is 25.7 Å². The van der Waals surface area contributed by atoms with Crippen molar-refractivity contribution in [3.05, 3.63) is 48.0 Å². The Morgan fingerprint density at radius 1 is 1.14 bits per heavy atom. The topological polar surface area (TPSA) is 74.3 Å². The number of carbonyl (C=O) groups excluding carboxylic acids is 2. The number of rotatable bonds is 9. The van der Waals surface area contributed by atoms with Crippen molar-refractivity contribution >= 4 is 20.4 Å². The molecular formula is C28H45NO6Si. The Kier molecular flexibility index (Phi) is 10.3. The Bertz CT molecular complexity index is 888. The summed E-state index contributed by atoms with van der Waals surface area (Å²) < 4.78 is 23.4. The van der Waals surface area contributed by atoms with Crippen LogP contribution >= 0.6 is 0 Å². The fraction of sp³-hybridized carbons (Fsp3) is 0.643. The lowest BCUT2D eigenvalue weighted by Crippen LogP contribution is -2.42. The van der Waals surface area contributed by atoms with Crippen LogP contribution in [0.2, 0.25) is 18.1 Å². The number of hydrogen-bond acceptors (Lipinski definition) is 6. The molecule has 1 aromatic carbocycles. The van der Waals surface area contributed by atoms with Gasteiger partial charge in [0.1, 0.15) is 5.60 Å². The summed E-state index contributed by atoms with van der Waals surface area (Å²) in [7, 11) is -2.01. The second-order valence-corrected chi connectivity index (χ2v) is 16.6. The third-order valence-corrected chi connectivity index (χ3v) is 11.1. The summed E-state index contributed by atoms with van der Waals surface area (Å²) in [4.78, 5) is 27.2. The summed E-state index contributed by atoms with van der Waals surface area (Å²) in [5.41, 5.74) is 0.335. The Labute approximate surface area is 218 Å². The van der Waals surface area contributed by atoms with E-state index in [1.807, 2.05) is 63.3 Å². The second-order valence-electron chi connectivity index (χ2n) is 11.8. The average molecular weight is 520 g/mol. The normalized spacial score (nSPS) is 20.0. The van der Waals surface area contributed by atoms with Crippen molar-refractivity contribution in [2.75, 3.05) is 19.8 Å². The van der Waals surface area contributed by atoms with Gasteiger partial charge in [-0.15, -0.1) is 0 Å². The Morgan fingerprint density at radius 2 is 1.78 bits per heavy atom. The van der Waals surface area contributed by atoms with Gasteiger partial charge in [-0.05, 0) is 57.5 Å². The first kappa shape index (κ1) is 30.1. The van der Waals surface area contributed by atoms with Crippen LogP contribution in [0.5, 0.6) is 0 Å². The predicted molar refractivity (Wildman–Crippen MR) is 144 cm³/mol. The molecule has 0 N–H and O–H groups in total. The molecule has 0 unspecified atom stereocenters. The van der Waals surface area contributed by atoms with Crippen molar-refractivity contribution in [1.29, 1.82) is 0 Å².